The van der Waals surface area contributed by atoms with Gasteiger partial charge in [-0.05, 0) is 11.8 Å². The van der Waals surface area contributed by atoms with E-state index in [9.17, 15) is 9.90 Å². The highest BCUT2D eigenvalue weighted by Gasteiger charge is 2.09. The Morgan fingerprint density at radius 2 is 2.21 bits per heavy atom. The van der Waals surface area contributed by atoms with E-state index < -0.39 is 5.97 Å². The average Bonchev–Trinajstić information content (AvgIpc) is 2.11. The van der Waals surface area contributed by atoms with Crippen molar-refractivity contribution in [1.29, 1.82) is 0 Å². The van der Waals surface area contributed by atoms with Gasteiger partial charge in [0.1, 0.15) is 5.75 Å². The number of benzene rings is 1. The number of hydrogen-bond donors (Lipinski definition) is 2. The summed E-state index contributed by atoms with van der Waals surface area (Å²) >= 11 is 1.50. The molecule has 3 nitrogen and oxygen atoms in total. The molecule has 0 amide bonds. The molecule has 76 valence electrons. The van der Waals surface area contributed by atoms with Crippen LogP contribution in [0.15, 0.2) is 23.1 Å². The zero-order valence-electron chi connectivity index (χ0n) is 7.86. The number of para-hydroxylation sites is 1. The first-order valence-electron chi connectivity index (χ1n) is 4.30. The Balaban J connectivity index is 2.94. The molecular formula is C10H12O3S. The predicted octanol–water partition coefficient (Wildman–Crippen LogP) is 2.13. The van der Waals surface area contributed by atoms with Gasteiger partial charge in [0, 0.05) is 10.5 Å². The fraction of sp³-hybridized carbons (Fsp3) is 0.300. The summed E-state index contributed by atoms with van der Waals surface area (Å²) in [6.45, 7) is 1.98. The smallest absolute Gasteiger partial charge is 0.307 e. The molecule has 0 aliphatic heterocycles. The normalized spacial score (nSPS) is 10.1. The van der Waals surface area contributed by atoms with Gasteiger partial charge < -0.3 is 10.2 Å². The quantitative estimate of drug-likeness (QED) is 0.751. The first kappa shape index (κ1) is 10.9. The third-order valence-electron chi connectivity index (χ3n) is 1.72. The van der Waals surface area contributed by atoms with E-state index in [1.54, 1.807) is 18.2 Å². The number of rotatable bonds is 4. The van der Waals surface area contributed by atoms with Gasteiger partial charge in [0.05, 0.1) is 6.42 Å². The van der Waals surface area contributed by atoms with Crippen molar-refractivity contribution in [2.75, 3.05) is 5.75 Å². The number of carboxylic acid groups (broad SMARTS) is 1. The Morgan fingerprint density at radius 3 is 2.79 bits per heavy atom. The molecule has 0 heterocycles. The highest BCUT2D eigenvalue weighted by Crippen LogP contribution is 2.31. The number of carboxylic acids is 1. The second-order valence-corrected chi connectivity index (χ2v) is 4.07. The molecule has 0 aliphatic carbocycles. The van der Waals surface area contributed by atoms with Gasteiger partial charge in [0.25, 0.3) is 0 Å². The van der Waals surface area contributed by atoms with Crippen LogP contribution in [-0.2, 0) is 11.2 Å². The van der Waals surface area contributed by atoms with Gasteiger partial charge in [0.15, 0.2) is 0 Å². The summed E-state index contributed by atoms with van der Waals surface area (Å²) in [6.07, 6.45) is -0.135. The maximum atomic E-state index is 10.5. The van der Waals surface area contributed by atoms with Crippen LogP contribution in [0.3, 0.4) is 0 Å². The Morgan fingerprint density at radius 1 is 1.50 bits per heavy atom. The largest absolute Gasteiger partial charge is 0.506 e. The maximum Gasteiger partial charge on any atom is 0.307 e. The number of hydrogen-bond acceptors (Lipinski definition) is 3. The van der Waals surface area contributed by atoms with E-state index in [0.29, 0.717) is 5.56 Å². The summed E-state index contributed by atoms with van der Waals surface area (Å²) < 4.78 is 0. The summed E-state index contributed by atoms with van der Waals surface area (Å²) in [6, 6.07) is 5.17. The van der Waals surface area contributed by atoms with Crippen molar-refractivity contribution < 1.29 is 15.0 Å². The Kier molecular flexibility index (Phi) is 3.83. The number of phenols is 1. The standard InChI is InChI=1S/C10H12O3S/c1-2-14-8-5-3-4-7(10(8)13)6-9(11)12/h3-5,13H,2,6H2,1H3,(H,11,12). The third kappa shape index (κ3) is 2.67. The van der Waals surface area contributed by atoms with Gasteiger partial charge in [-0.2, -0.15) is 0 Å². The zero-order valence-corrected chi connectivity index (χ0v) is 8.67. The monoisotopic (exact) mass is 212 g/mol. The predicted molar refractivity (Wildman–Crippen MR) is 55.8 cm³/mol. The van der Waals surface area contributed by atoms with Crippen LogP contribution in [0.2, 0.25) is 0 Å². The lowest BCUT2D eigenvalue weighted by Crippen LogP contribution is -2.00. The molecule has 0 saturated carbocycles. The van der Waals surface area contributed by atoms with Crippen LogP contribution >= 0.6 is 11.8 Å². The van der Waals surface area contributed by atoms with Crippen molar-refractivity contribution in [2.45, 2.75) is 18.2 Å². The van der Waals surface area contributed by atoms with E-state index in [-0.39, 0.29) is 12.2 Å². The average molecular weight is 212 g/mol. The lowest BCUT2D eigenvalue weighted by atomic mass is 10.1. The molecule has 0 atom stereocenters. The van der Waals surface area contributed by atoms with Crippen LogP contribution in [0.25, 0.3) is 0 Å². The third-order valence-corrected chi connectivity index (χ3v) is 2.65. The number of aromatic hydroxyl groups is 1. The number of phenolic OH excluding ortho intramolecular Hbond substituents is 1. The minimum Gasteiger partial charge on any atom is -0.506 e. The highest BCUT2D eigenvalue weighted by molar-refractivity contribution is 7.99. The SMILES string of the molecule is CCSc1cccc(CC(=O)O)c1O. The summed E-state index contributed by atoms with van der Waals surface area (Å²) in [5.74, 6) is 0.0186. The van der Waals surface area contributed by atoms with E-state index in [0.717, 1.165) is 10.6 Å². The van der Waals surface area contributed by atoms with Crippen molar-refractivity contribution >= 4 is 17.7 Å². The first-order chi connectivity index (χ1) is 6.65. The number of carbonyl (C=O) groups is 1. The molecule has 0 fully saturated rings. The first-order valence-corrected chi connectivity index (χ1v) is 5.29. The van der Waals surface area contributed by atoms with Crippen molar-refractivity contribution in [3.8, 4) is 5.75 Å². The molecule has 0 bridgehead atoms. The molecule has 1 aromatic rings. The van der Waals surface area contributed by atoms with E-state index in [1.165, 1.54) is 11.8 Å². The lowest BCUT2D eigenvalue weighted by Gasteiger charge is -2.06. The topological polar surface area (TPSA) is 57.5 Å². The lowest BCUT2D eigenvalue weighted by molar-refractivity contribution is -0.136. The van der Waals surface area contributed by atoms with Crippen molar-refractivity contribution in [3.63, 3.8) is 0 Å². The summed E-state index contributed by atoms with van der Waals surface area (Å²) in [4.78, 5) is 11.2. The van der Waals surface area contributed by atoms with Crippen LogP contribution < -0.4 is 0 Å². The van der Waals surface area contributed by atoms with Crippen LogP contribution in [0.4, 0.5) is 0 Å². The van der Waals surface area contributed by atoms with Crippen LogP contribution in [0, 0.1) is 0 Å². The number of aliphatic carboxylic acids is 1. The van der Waals surface area contributed by atoms with Gasteiger partial charge in [-0.1, -0.05) is 19.1 Å². The minimum absolute atomic E-state index is 0.0988. The molecule has 0 unspecified atom stereocenters. The minimum atomic E-state index is -0.932. The second-order valence-electron chi connectivity index (χ2n) is 2.77. The molecular weight excluding hydrogens is 200 g/mol. The van der Waals surface area contributed by atoms with E-state index in [2.05, 4.69) is 0 Å². The Bertz CT molecular complexity index is 336. The van der Waals surface area contributed by atoms with Gasteiger partial charge in [-0.25, -0.2) is 0 Å². The molecule has 2 N–H and O–H groups in total. The summed E-state index contributed by atoms with van der Waals surface area (Å²) in [5, 5.41) is 18.3. The van der Waals surface area contributed by atoms with Crippen LogP contribution in [0.1, 0.15) is 12.5 Å². The molecule has 1 aromatic carbocycles. The van der Waals surface area contributed by atoms with E-state index in [4.69, 9.17) is 5.11 Å². The molecule has 0 saturated heterocycles. The molecule has 0 radical (unpaired) electrons. The number of thioether (sulfide) groups is 1. The van der Waals surface area contributed by atoms with Crippen LogP contribution in [-0.4, -0.2) is 21.9 Å². The second kappa shape index (κ2) is 4.91. The fourth-order valence-corrected chi connectivity index (χ4v) is 1.90. The van der Waals surface area contributed by atoms with Gasteiger partial charge in [0.2, 0.25) is 0 Å². The maximum absolute atomic E-state index is 10.5. The molecule has 1 rings (SSSR count). The van der Waals surface area contributed by atoms with Crippen molar-refractivity contribution in [1.82, 2.24) is 0 Å². The van der Waals surface area contributed by atoms with Gasteiger partial charge >= 0.3 is 5.97 Å². The molecule has 14 heavy (non-hydrogen) atoms. The van der Waals surface area contributed by atoms with Gasteiger partial charge in [-0.15, -0.1) is 11.8 Å². The molecule has 0 aliphatic rings. The Hall–Kier alpha value is -1.16. The van der Waals surface area contributed by atoms with E-state index >= 15 is 0 Å². The Labute approximate surface area is 86.8 Å². The highest BCUT2D eigenvalue weighted by atomic mass is 32.2. The van der Waals surface area contributed by atoms with Crippen molar-refractivity contribution in [3.05, 3.63) is 23.8 Å². The van der Waals surface area contributed by atoms with Gasteiger partial charge in [-0.3, -0.25) is 4.79 Å². The molecule has 0 spiro atoms. The van der Waals surface area contributed by atoms with Crippen LogP contribution in [0.5, 0.6) is 5.75 Å². The van der Waals surface area contributed by atoms with Crippen molar-refractivity contribution in [2.24, 2.45) is 0 Å². The molecule has 4 heteroatoms. The van der Waals surface area contributed by atoms with E-state index in [1.807, 2.05) is 6.92 Å². The summed E-state index contributed by atoms with van der Waals surface area (Å²) in [7, 11) is 0. The molecule has 0 aromatic heterocycles. The summed E-state index contributed by atoms with van der Waals surface area (Å²) in [5.41, 5.74) is 0.468. The zero-order chi connectivity index (χ0) is 10.6. The fourth-order valence-electron chi connectivity index (χ4n) is 1.15.